The molecular formula is C18H28N2O4. The molecule has 1 aliphatic heterocycles. The molecule has 1 aromatic rings. The van der Waals surface area contributed by atoms with Crippen LogP contribution in [0, 0.1) is 0 Å². The maximum Gasteiger partial charge on any atom is 0.266 e. The van der Waals surface area contributed by atoms with Gasteiger partial charge < -0.3 is 24.4 Å². The summed E-state index contributed by atoms with van der Waals surface area (Å²) in [5.41, 5.74) is -1.91. The number of aliphatic hydroxyl groups is 1. The zero-order valence-corrected chi connectivity index (χ0v) is 15.2. The Kier molecular flexibility index (Phi) is 5.40. The number of methoxy groups -OCH3 is 1. The highest BCUT2D eigenvalue weighted by molar-refractivity contribution is 5.85. The lowest BCUT2D eigenvalue weighted by atomic mass is 10.0. The molecule has 1 fully saturated rings. The van der Waals surface area contributed by atoms with E-state index in [0.717, 1.165) is 0 Å². The molecule has 1 aliphatic rings. The Morgan fingerprint density at radius 1 is 1.33 bits per heavy atom. The van der Waals surface area contributed by atoms with Gasteiger partial charge in [0, 0.05) is 13.1 Å². The van der Waals surface area contributed by atoms with Crippen LogP contribution >= 0.6 is 0 Å². The second-order valence-electron chi connectivity index (χ2n) is 7.20. The Morgan fingerprint density at radius 3 is 2.54 bits per heavy atom. The fraction of sp³-hybridized carbons (Fsp3) is 0.611. The lowest BCUT2D eigenvalue weighted by molar-refractivity contribution is -0.145. The van der Waals surface area contributed by atoms with Crippen LogP contribution in [0.3, 0.4) is 0 Å². The van der Waals surface area contributed by atoms with Crippen LogP contribution in [0.1, 0.15) is 20.3 Å². The molecule has 0 aromatic heterocycles. The van der Waals surface area contributed by atoms with Crippen molar-refractivity contribution in [1.82, 2.24) is 9.80 Å². The van der Waals surface area contributed by atoms with E-state index in [9.17, 15) is 9.90 Å². The van der Waals surface area contributed by atoms with Crippen molar-refractivity contribution >= 4 is 5.91 Å². The number of hydrogen-bond acceptors (Lipinski definition) is 5. The number of β-amino-alcohol motifs (C(OH)–C–C–N with tert-alkyl or cyclic N) is 1. The van der Waals surface area contributed by atoms with Crippen LogP contribution in [0.4, 0.5) is 0 Å². The van der Waals surface area contributed by atoms with Gasteiger partial charge in [-0.1, -0.05) is 12.1 Å². The lowest BCUT2D eigenvalue weighted by Crippen LogP contribution is -2.50. The van der Waals surface area contributed by atoms with Gasteiger partial charge in [-0.3, -0.25) is 4.79 Å². The first-order valence-corrected chi connectivity index (χ1v) is 8.15. The molecule has 0 bridgehead atoms. The summed E-state index contributed by atoms with van der Waals surface area (Å²) in [5.74, 6) is 0.980. The van der Waals surface area contributed by atoms with Gasteiger partial charge in [-0.05, 0) is 46.5 Å². The number of para-hydroxylation sites is 2. The number of nitrogens with zero attached hydrogens (tertiary/aromatic N) is 2. The summed E-state index contributed by atoms with van der Waals surface area (Å²) >= 11 is 0. The van der Waals surface area contributed by atoms with Crippen molar-refractivity contribution in [1.29, 1.82) is 0 Å². The van der Waals surface area contributed by atoms with Gasteiger partial charge in [0.15, 0.2) is 17.1 Å². The minimum Gasteiger partial charge on any atom is -0.493 e. The molecule has 0 radical (unpaired) electrons. The summed E-state index contributed by atoms with van der Waals surface area (Å²) in [6, 6.07) is 7.26. The topological polar surface area (TPSA) is 62.2 Å². The van der Waals surface area contributed by atoms with E-state index in [-0.39, 0.29) is 5.91 Å². The summed E-state index contributed by atoms with van der Waals surface area (Å²) in [6.45, 7) is 4.87. The van der Waals surface area contributed by atoms with E-state index in [0.29, 0.717) is 37.6 Å². The van der Waals surface area contributed by atoms with Crippen LogP contribution in [0.2, 0.25) is 0 Å². The predicted octanol–water partition coefficient (Wildman–Crippen LogP) is 1.38. The molecule has 0 unspecified atom stereocenters. The molecule has 1 aromatic carbocycles. The van der Waals surface area contributed by atoms with Gasteiger partial charge in [0.25, 0.3) is 5.91 Å². The third-order valence-electron chi connectivity index (χ3n) is 4.18. The molecule has 1 saturated heterocycles. The number of likely N-dealkylation sites (N-methyl/N-ethyl adjacent to an activating group) is 1. The van der Waals surface area contributed by atoms with Crippen LogP contribution in [0.15, 0.2) is 24.3 Å². The number of amides is 1. The molecule has 1 atom stereocenters. The molecule has 0 spiro atoms. The highest BCUT2D eigenvalue weighted by atomic mass is 16.5. The Hall–Kier alpha value is -1.79. The number of likely N-dealkylation sites (tertiary alicyclic amines) is 1. The minimum atomic E-state index is -1.04. The number of rotatable bonds is 6. The Labute approximate surface area is 144 Å². The van der Waals surface area contributed by atoms with E-state index in [1.54, 1.807) is 38.0 Å². The summed E-state index contributed by atoms with van der Waals surface area (Å²) in [4.78, 5) is 16.5. The van der Waals surface area contributed by atoms with Crippen LogP contribution in [0.25, 0.3) is 0 Å². The molecule has 2 rings (SSSR count). The van der Waals surface area contributed by atoms with Gasteiger partial charge >= 0.3 is 0 Å². The van der Waals surface area contributed by atoms with Crippen molar-refractivity contribution in [3.8, 4) is 11.5 Å². The van der Waals surface area contributed by atoms with E-state index in [1.165, 1.54) is 0 Å². The van der Waals surface area contributed by atoms with Crippen molar-refractivity contribution in [3.63, 3.8) is 0 Å². The van der Waals surface area contributed by atoms with Crippen LogP contribution < -0.4 is 9.47 Å². The molecule has 6 nitrogen and oxygen atoms in total. The molecule has 0 saturated carbocycles. The van der Waals surface area contributed by atoms with Crippen LogP contribution in [0.5, 0.6) is 11.5 Å². The second kappa shape index (κ2) is 6.99. The number of carbonyl (C=O) groups excluding carboxylic acids is 1. The number of benzene rings is 1. The highest BCUT2D eigenvalue weighted by Gasteiger charge is 2.43. The number of hydrogen-bond donors (Lipinski definition) is 1. The standard InChI is InChI=1S/C18H28N2O4/c1-17(2,24-15-9-7-6-8-14(15)23-5)16(21)20-11-10-18(22,13-20)12-19(3)4/h6-9,22H,10-13H2,1-5H3/t18-/m1/s1. The van der Waals surface area contributed by atoms with Crippen molar-refractivity contribution in [2.75, 3.05) is 40.8 Å². The average molecular weight is 336 g/mol. The third-order valence-corrected chi connectivity index (χ3v) is 4.18. The monoisotopic (exact) mass is 336 g/mol. The SMILES string of the molecule is COc1ccccc1OC(C)(C)C(=O)N1CC[C@@](O)(CN(C)C)C1. The molecule has 134 valence electrons. The maximum absolute atomic E-state index is 12.9. The fourth-order valence-electron chi connectivity index (χ4n) is 3.15. The van der Waals surface area contributed by atoms with E-state index >= 15 is 0 Å². The van der Waals surface area contributed by atoms with Gasteiger partial charge in [-0.15, -0.1) is 0 Å². The first-order chi connectivity index (χ1) is 11.2. The Morgan fingerprint density at radius 2 is 1.96 bits per heavy atom. The smallest absolute Gasteiger partial charge is 0.266 e. The Bertz CT molecular complexity index is 588. The quantitative estimate of drug-likeness (QED) is 0.850. The summed E-state index contributed by atoms with van der Waals surface area (Å²) in [6.07, 6.45) is 0.571. The molecule has 6 heteroatoms. The van der Waals surface area contributed by atoms with Crippen LogP contribution in [-0.4, -0.2) is 72.9 Å². The van der Waals surface area contributed by atoms with Gasteiger partial charge in [-0.25, -0.2) is 0 Å². The third kappa shape index (κ3) is 4.19. The summed E-state index contributed by atoms with van der Waals surface area (Å²) < 4.78 is 11.2. The average Bonchev–Trinajstić information content (AvgIpc) is 2.87. The van der Waals surface area contributed by atoms with E-state index in [2.05, 4.69) is 0 Å². The molecule has 24 heavy (non-hydrogen) atoms. The van der Waals surface area contributed by atoms with E-state index in [4.69, 9.17) is 9.47 Å². The summed E-state index contributed by atoms with van der Waals surface area (Å²) in [5, 5.41) is 10.6. The zero-order chi connectivity index (χ0) is 18.0. The molecular weight excluding hydrogens is 308 g/mol. The normalized spacial score (nSPS) is 21.2. The van der Waals surface area contributed by atoms with Crippen molar-refractivity contribution < 1.29 is 19.4 Å². The minimum absolute atomic E-state index is 0.136. The summed E-state index contributed by atoms with van der Waals surface area (Å²) in [7, 11) is 5.40. The Balaban J connectivity index is 2.08. The van der Waals surface area contributed by atoms with Gasteiger partial charge in [0.1, 0.15) is 0 Å². The zero-order valence-electron chi connectivity index (χ0n) is 15.2. The fourth-order valence-corrected chi connectivity index (χ4v) is 3.15. The van der Waals surface area contributed by atoms with Gasteiger partial charge in [0.05, 0.1) is 19.3 Å². The molecule has 1 amide bonds. The van der Waals surface area contributed by atoms with Crippen molar-refractivity contribution in [2.45, 2.75) is 31.5 Å². The highest BCUT2D eigenvalue weighted by Crippen LogP contribution is 2.31. The second-order valence-corrected chi connectivity index (χ2v) is 7.20. The largest absolute Gasteiger partial charge is 0.493 e. The maximum atomic E-state index is 12.9. The van der Waals surface area contributed by atoms with Gasteiger partial charge in [-0.2, -0.15) is 0 Å². The number of ether oxygens (including phenoxy) is 2. The molecule has 0 aliphatic carbocycles. The van der Waals surface area contributed by atoms with Crippen molar-refractivity contribution in [2.24, 2.45) is 0 Å². The molecule has 1 heterocycles. The van der Waals surface area contributed by atoms with E-state index in [1.807, 2.05) is 31.1 Å². The first kappa shape index (κ1) is 18.5. The van der Waals surface area contributed by atoms with Crippen molar-refractivity contribution in [3.05, 3.63) is 24.3 Å². The first-order valence-electron chi connectivity index (χ1n) is 8.15. The van der Waals surface area contributed by atoms with E-state index < -0.39 is 11.2 Å². The van der Waals surface area contributed by atoms with Crippen LogP contribution in [-0.2, 0) is 4.79 Å². The lowest BCUT2D eigenvalue weighted by Gasteiger charge is -2.32. The number of carbonyl (C=O) groups is 1. The predicted molar refractivity (Wildman–Crippen MR) is 92.4 cm³/mol. The molecule has 1 N–H and O–H groups in total. The van der Waals surface area contributed by atoms with Gasteiger partial charge in [0.2, 0.25) is 0 Å².